The van der Waals surface area contributed by atoms with Gasteiger partial charge in [-0.25, -0.2) is 0 Å². The van der Waals surface area contributed by atoms with Crippen LogP contribution in [0.25, 0.3) is 0 Å². The van der Waals surface area contributed by atoms with Gasteiger partial charge in [0, 0.05) is 22.9 Å². The number of nitrogens with zero attached hydrogens (tertiary/aromatic N) is 2. The molecule has 7 nitrogen and oxygen atoms in total. The highest BCUT2D eigenvalue weighted by molar-refractivity contribution is 6.29. The first-order chi connectivity index (χ1) is 19.6. The van der Waals surface area contributed by atoms with Gasteiger partial charge in [-0.2, -0.15) is 0 Å². The summed E-state index contributed by atoms with van der Waals surface area (Å²) in [5, 5.41) is 11.4. The molecule has 232 valence electrons. The fourth-order valence-electron chi connectivity index (χ4n) is 5.28. The molecule has 0 heterocycles. The van der Waals surface area contributed by atoms with Crippen molar-refractivity contribution in [3.63, 3.8) is 0 Å². The van der Waals surface area contributed by atoms with Crippen LogP contribution in [-0.4, -0.2) is 53.6 Å². The lowest BCUT2D eigenvalue weighted by molar-refractivity contribution is -0.137. The topological polar surface area (TPSA) is 99.1 Å². The number of aliphatic carboxylic acids is 1. The summed E-state index contributed by atoms with van der Waals surface area (Å²) in [7, 11) is 1.73. The minimum Gasteiger partial charge on any atom is -0.481 e. The van der Waals surface area contributed by atoms with Gasteiger partial charge in [-0.1, -0.05) is 74.9 Å². The van der Waals surface area contributed by atoms with E-state index in [0.717, 1.165) is 60.8 Å². The average molecular weight is 600 g/mol. The molecule has 1 aromatic rings. The fraction of sp³-hybridized carbons (Fsp3) is 0.529. The molecule has 2 rings (SSSR count). The maximum absolute atomic E-state index is 12.7. The minimum atomic E-state index is -0.755. The van der Waals surface area contributed by atoms with Gasteiger partial charge in [0.1, 0.15) is 11.9 Å². The van der Waals surface area contributed by atoms with E-state index in [0.29, 0.717) is 23.1 Å². The summed E-state index contributed by atoms with van der Waals surface area (Å²) in [4.78, 5) is 40.7. The maximum atomic E-state index is 12.7. The molecule has 0 bridgehead atoms. The highest BCUT2D eigenvalue weighted by atomic mass is 35.5. The van der Waals surface area contributed by atoms with E-state index in [4.69, 9.17) is 21.7 Å². The second-order valence-corrected chi connectivity index (χ2v) is 12.8. The maximum Gasteiger partial charge on any atom is 0.304 e. The Labute approximate surface area is 257 Å². The second-order valence-electron chi connectivity index (χ2n) is 12.2. The lowest BCUT2D eigenvalue weighted by Gasteiger charge is -2.48. The van der Waals surface area contributed by atoms with Gasteiger partial charge >= 0.3 is 5.97 Å². The normalized spacial score (nSPS) is 20.6. The molecule has 1 saturated carbocycles. The van der Waals surface area contributed by atoms with Gasteiger partial charge in [-0.15, -0.1) is 0 Å². The molecule has 0 radical (unpaired) electrons. The molecule has 1 atom stereocenters. The van der Waals surface area contributed by atoms with E-state index >= 15 is 0 Å². The quantitative estimate of drug-likeness (QED) is 0.145. The van der Waals surface area contributed by atoms with Crippen LogP contribution >= 0.6 is 11.6 Å². The van der Waals surface area contributed by atoms with E-state index in [9.17, 15) is 14.4 Å². The van der Waals surface area contributed by atoms with Gasteiger partial charge in [0.25, 0.3) is 0 Å². The van der Waals surface area contributed by atoms with Crippen LogP contribution in [0.1, 0.15) is 103 Å². The predicted octanol–water partition coefficient (Wildman–Crippen LogP) is 7.74. The number of hydrogen-bond donors (Lipinski definition) is 2. The van der Waals surface area contributed by atoms with Crippen LogP contribution in [0.4, 0.5) is 0 Å². The first-order valence-corrected chi connectivity index (χ1v) is 14.9. The number of carboxylic acids is 1. The van der Waals surface area contributed by atoms with Crippen LogP contribution < -0.4 is 5.32 Å². The Morgan fingerprint density at radius 1 is 1.17 bits per heavy atom. The van der Waals surface area contributed by atoms with Crippen molar-refractivity contribution in [1.82, 2.24) is 10.2 Å². The van der Waals surface area contributed by atoms with Crippen LogP contribution in [0.15, 0.2) is 64.2 Å². The Morgan fingerprint density at radius 2 is 1.74 bits per heavy atom. The molecule has 0 aliphatic heterocycles. The molecule has 0 spiro atoms. The van der Waals surface area contributed by atoms with Gasteiger partial charge in [-0.05, 0) is 89.0 Å². The van der Waals surface area contributed by atoms with Crippen LogP contribution in [0.2, 0.25) is 0 Å². The Morgan fingerprint density at radius 3 is 2.12 bits per heavy atom. The molecule has 2 N–H and O–H groups in total. The summed E-state index contributed by atoms with van der Waals surface area (Å²) in [5.74, 6) is -0.188. The molecule has 0 saturated heterocycles. The highest BCUT2D eigenvalue weighted by Gasteiger charge is 2.44. The molecule has 1 aliphatic carbocycles. The van der Waals surface area contributed by atoms with Crippen LogP contribution in [0.3, 0.4) is 0 Å². The van der Waals surface area contributed by atoms with E-state index in [1.165, 1.54) is 0 Å². The summed E-state index contributed by atoms with van der Waals surface area (Å²) >= 11 is 6.24. The number of carboxylic acid groups (broad SMARTS) is 1. The molecule has 1 unspecified atom stereocenters. The zero-order valence-electron chi connectivity index (χ0n) is 26.7. The number of carbonyl (C=O) groups is 3. The summed E-state index contributed by atoms with van der Waals surface area (Å²) in [5.41, 5.74) is 3.77. The number of allylic oxidation sites excluding steroid dienone is 5. The van der Waals surface area contributed by atoms with E-state index in [2.05, 4.69) is 32.7 Å². The van der Waals surface area contributed by atoms with Crippen molar-refractivity contribution in [1.29, 1.82) is 0 Å². The molecule has 0 aromatic heterocycles. The van der Waals surface area contributed by atoms with E-state index in [1.807, 2.05) is 56.9 Å². The van der Waals surface area contributed by atoms with Crippen molar-refractivity contribution < 1.29 is 19.5 Å². The lowest BCUT2D eigenvalue weighted by Crippen LogP contribution is -2.51. The molecule has 8 heteroatoms. The van der Waals surface area contributed by atoms with Crippen molar-refractivity contribution >= 4 is 36.0 Å². The SMILES string of the molecule is C=C(C)/C=C(\C=C(/C)Cl)C(/C)=N/C1(N(C=O)C(C)c2ccc(C=O)cc2)CCC(C(C)(C)C)CC1.CNCCC(=O)O. The largest absolute Gasteiger partial charge is 0.481 e. The van der Waals surface area contributed by atoms with Gasteiger partial charge in [0.2, 0.25) is 6.41 Å². The van der Waals surface area contributed by atoms with E-state index in [1.54, 1.807) is 19.2 Å². The first kappa shape index (κ1) is 37.0. The van der Waals surface area contributed by atoms with E-state index < -0.39 is 11.6 Å². The summed E-state index contributed by atoms with van der Waals surface area (Å²) in [6.45, 7) is 19.2. The smallest absolute Gasteiger partial charge is 0.304 e. The summed E-state index contributed by atoms with van der Waals surface area (Å²) < 4.78 is 0. The third kappa shape index (κ3) is 11.7. The van der Waals surface area contributed by atoms with Crippen molar-refractivity contribution in [3.8, 4) is 0 Å². The minimum absolute atomic E-state index is 0.199. The summed E-state index contributed by atoms with van der Waals surface area (Å²) in [6.07, 6.45) is 9.40. The second kappa shape index (κ2) is 17.2. The zero-order valence-corrected chi connectivity index (χ0v) is 27.4. The molecule has 42 heavy (non-hydrogen) atoms. The number of carbonyl (C=O) groups excluding carboxylic acids is 2. The van der Waals surface area contributed by atoms with Crippen LogP contribution in [0.5, 0.6) is 0 Å². The lowest BCUT2D eigenvalue weighted by atomic mass is 9.69. The Balaban J connectivity index is 0.00000112. The number of nitrogens with one attached hydrogen (secondary N) is 1. The number of aliphatic imine (C=N–C) groups is 1. The number of amides is 1. The van der Waals surface area contributed by atoms with Crippen molar-refractivity contribution in [2.75, 3.05) is 13.6 Å². The standard InChI is InChI=1S/C30H41ClN2O2.C4H9NO2/c1-21(2)17-27(18-22(3)31)23(4)32-30(15-13-28(14-16-30)29(6,7)8)33(20-35)24(5)26-11-9-25(19-34)10-12-26;1-5-3-2-4(6)7/h9-12,17-20,24,28H,1,13-16H2,2-8H3;5H,2-3H2,1H3,(H,6,7)/b22-18+,27-17+,32-23+;. The number of hydrogen-bond acceptors (Lipinski definition) is 5. The molecular formula is C34H50ClN3O4. The number of rotatable bonds is 12. The van der Waals surface area contributed by atoms with Gasteiger partial charge < -0.3 is 15.3 Å². The Hall–Kier alpha value is -3.03. The van der Waals surface area contributed by atoms with Crippen molar-refractivity contribution in [2.45, 2.75) is 92.3 Å². The molecule has 1 fully saturated rings. The number of aldehydes is 1. The monoisotopic (exact) mass is 599 g/mol. The van der Waals surface area contributed by atoms with Gasteiger partial charge in [0.15, 0.2) is 0 Å². The van der Waals surface area contributed by atoms with Crippen LogP contribution in [0, 0.1) is 11.3 Å². The molecule has 1 amide bonds. The predicted molar refractivity (Wildman–Crippen MR) is 174 cm³/mol. The van der Waals surface area contributed by atoms with Crippen LogP contribution in [-0.2, 0) is 9.59 Å². The van der Waals surface area contributed by atoms with Crippen molar-refractivity contribution in [3.05, 3.63) is 70.3 Å². The van der Waals surface area contributed by atoms with Crippen molar-refractivity contribution in [2.24, 2.45) is 16.3 Å². The molecule has 1 aromatic carbocycles. The first-order valence-electron chi connectivity index (χ1n) is 14.5. The fourth-order valence-corrected chi connectivity index (χ4v) is 5.39. The Bertz CT molecular complexity index is 1150. The third-order valence-electron chi connectivity index (χ3n) is 7.72. The van der Waals surface area contributed by atoms with Gasteiger partial charge in [0.05, 0.1) is 12.5 Å². The Kier molecular flexibility index (Phi) is 15.1. The average Bonchev–Trinajstić information content (AvgIpc) is 2.91. The summed E-state index contributed by atoms with van der Waals surface area (Å²) in [6, 6.07) is 7.22. The van der Waals surface area contributed by atoms with E-state index in [-0.39, 0.29) is 17.9 Å². The molecular weight excluding hydrogens is 550 g/mol. The number of halogens is 1. The number of benzene rings is 1. The van der Waals surface area contributed by atoms with Gasteiger partial charge in [-0.3, -0.25) is 19.4 Å². The highest BCUT2D eigenvalue weighted by Crippen LogP contribution is 2.46. The molecule has 1 aliphatic rings. The third-order valence-corrected chi connectivity index (χ3v) is 7.83. The zero-order chi connectivity index (χ0) is 32.1.